The van der Waals surface area contributed by atoms with Gasteiger partial charge in [-0.05, 0) is 50.5 Å². The predicted molar refractivity (Wildman–Crippen MR) is 97.2 cm³/mol. The maximum absolute atomic E-state index is 12.9. The zero-order chi connectivity index (χ0) is 16.3. The summed E-state index contributed by atoms with van der Waals surface area (Å²) in [5.74, 6) is 0.541. The first kappa shape index (κ1) is 19.5. The van der Waals surface area contributed by atoms with Gasteiger partial charge in [-0.1, -0.05) is 6.92 Å². The van der Waals surface area contributed by atoms with Gasteiger partial charge in [0.15, 0.2) is 0 Å². The van der Waals surface area contributed by atoms with Crippen molar-refractivity contribution in [3.8, 4) is 0 Å². The summed E-state index contributed by atoms with van der Waals surface area (Å²) in [7, 11) is 0. The highest BCUT2D eigenvalue weighted by Crippen LogP contribution is 2.37. The van der Waals surface area contributed by atoms with Crippen molar-refractivity contribution >= 4 is 24.2 Å². The van der Waals surface area contributed by atoms with E-state index in [0.717, 1.165) is 64.8 Å². The van der Waals surface area contributed by atoms with E-state index in [1.807, 2.05) is 11.8 Å². The lowest BCUT2D eigenvalue weighted by Crippen LogP contribution is -2.50. The molecule has 0 aromatic carbocycles. The van der Waals surface area contributed by atoms with Gasteiger partial charge >= 0.3 is 0 Å². The number of halogens is 1. The monoisotopic (exact) mass is 357 g/mol. The SMILES string of the molecule is CCCC(=O)N1CCCC(C(=O)N2CCC3(CCNC3)CC2)C1.Cl. The van der Waals surface area contributed by atoms with Crippen molar-refractivity contribution in [3.05, 3.63) is 0 Å². The molecule has 3 rings (SSSR count). The second-order valence-electron chi connectivity index (χ2n) is 7.68. The first-order valence-electron chi connectivity index (χ1n) is 9.41. The van der Waals surface area contributed by atoms with Crippen LogP contribution in [0.15, 0.2) is 0 Å². The van der Waals surface area contributed by atoms with Gasteiger partial charge in [0.25, 0.3) is 0 Å². The van der Waals surface area contributed by atoms with Crippen molar-refractivity contribution in [1.29, 1.82) is 0 Å². The molecule has 3 fully saturated rings. The van der Waals surface area contributed by atoms with Crippen molar-refractivity contribution in [3.63, 3.8) is 0 Å². The Hall–Kier alpha value is -0.810. The van der Waals surface area contributed by atoms with Crippen molar-refractivity contribution in [2.75, 3.05) is 39.3 Å². The van der Waals surface area contributed by atoms with Gasteiger partial charge < -0.3 is 15.1 Å². The number of hydrogen-bond acceptors (Lipinski definition) is 3. The van der Waals surface area contributed by atoms with Crippen LogP contribution in [0.4, 0.5) is 0 Å². The van der Waals surface area contributed by atoms with Crippen LogP contribution in [0.3, 0.4) is 0 Å². The number of rotatable bonds is 3. The molecule has 3 heterocycles. The van der Waals surface area contributed by atoms with Crippen LogP contribution in [0.5, 0.6) is 0 Å². The second kappa shape index (κ2) is 8.52. The van der Waals surface area contributed by atoms with Crippen LogP contribution >= 0.6 is 12.4 Å². The van der Waals surface area contributed by atoms with Gasteiger partial charge in [-0.3, -0.25) is 9.59 Å². The zero-order valence-electron chi connectivity index (χ0n) is 14.9. The highest BCUT2D eigenvalue weighted by atomic mass is 35.5. The second-order valence-corrected chi connectivity index (χ2v) is 7.68. The van der Waals surface area contributed by atoms with E-state index < -0.39 is 0 Å². The number of likely N-dealkylation sites (tertiary alicyclic amines) is 2. The fourth-order valence-corrected chi connectivity index (χ4v) is 4.46. The Morgan fingerprint density at radius 3 is 2.50 bits per heavy atom. The van der Waals surface area contributed by atoms with Gasteiger partial charge in [0.2, 0.25) is 11.8 Å². The summed E-state index contributed by atoms with van der Waals surface area (Å²) < 4.78 is 0. The molecular weight excluding hydrogens is 326 g/mol. The molecule has 1 atom stereocenters. The Bertz CT molecular complexity index is 442. The highest BCUT2D eigenvalue weighted by molar-refractivity contribution is 5.85. The first-order valence-corrected chi connectivity index (χ1v) is 9.41. The van der Waals surface area contributed by atoms with Crippen LogP contribution in [0, 0.1) is 11.3 Å². The summed E-state index contributed by atoms with van der Waals surface area (Å²) in [6.45, 7) is 7.56. The topological polar surface area (TPSA) is 52.7 Å². The molecule has 0 bridgehead atoms. The molecule has 138 valence electrons. The molecule has 2 amide bonds. The number of carbonyl (C=O) groups excluding carboxylic acids is 2. The minimum atomic E-state index is 0. The van der Waals surface area contributed by atoms with Gasteiger partial charge in [-0.15, -0.1) is 12.4 Å². The molecule has 5 nitrogen and oxygen atoms in total. The van der Waals surface area contributed by atoms with Crippen LogP contribution in [0.1, 0.15) is 51.9 Å². The summed E-state index contributed by atoms with van der Waals surface area (Å²) in [6.07, 6.45) is 6.94. The molecule has 3 aliphatic heterocycles. The lowest BCUT2D eigenvalue weighted by Gasteiger charge is -2.41. The third kappa shape index (κ3) is 4.23. The van der Waals surface area contributed by atoms with Crippen LogP contribution in [-0.4, -0.2) is 60.9 Å². The fraction of sp³-hybridized carbons (Fsp3) is 0.889. The third-order valence-electron chi connectivity index (χ3n) is 6.06. The first-order chi connectivity index (χ1) is 11.1. The quantitative estimate of drug-likeness (QED) is 0.841. The molecule has 3 saturated heterocycles. The van der Waals surface area contributed by atoms with Crippen LogP contribution in [0.2, 0.25) is 0 Å². The van der Waals surface area contributed by atoms with E-state index in [0.29, 0.717) is 24.3 Å². The molecule has 0 aromatic heterocycles. The minimum Gasteiger partial charge on any atom is -0.342 e. The Kier molecular flexibility index (Phi) is 6.93. The van der Waals surface area contributed by atoms with Gasteiger partial charge in [-0.2, -0.15) is 0 Å². The maximum Gasteiger partial charge on any atom is 0.227 e. The van der Waals surface area contributed by atoms with E-state index in [1.54, 1.807) is 0 Å². The van der Waals surface area contributed by atoms with Gasteiger partial charge in [0, 0.05) is 39.1 Å². The fourth-order valence-electron chi connectivity index (χ4n) is 4.46. The smallest absolute Gasteiger partial charge is 0.227 e. The summed E-state index contributed by atoms with van der Waals surface area (Å²) >= 11 is 0. The molecule has 0 aromatic rings. The van der Waals surface area contributed by atoms with Crippen molar-refractivity contribution < 1.29 is 9.59 Å². The zero-order valence-corrected chi connectivity index (χ0v) is 15.7. The van der Waals surface area contributed by atoms with E-state index in [2.05, 4.69) is 10.2 Å². The normalized spacial score (nSPS) is 26.3. The molecule has 1 unspecified atom stereocenters. The Morgan fingerprint density at radius 2 is 1.88 bits per heavy atom. The lowest BCUT2D eigenvalue weighted by molar-refractivity contribution is -0.142. The molecule has 3 aliphatic rings. The summed E-state index contributed by atoms with van der Waals surface area (Å²) in [6, 6.07) is 0. The molecule has 0 aliphatic carbocycles. The van der Waals surface area contributed by atoms with E-state index >= 15 is 0 Å². The van der Waals surface area contributed by atoms with Crippen molar-refractivity contribution in [2.45, 2.75) is 51.9 Å². The van der Waals surface area contributed by atoms with Gasteiger partial charge in [0.1, 0.15) is 0 Å². The Labute approximate surface area is 151 Å². The van der Waals surface area contributed by atoms with Gasteiger partial charge in [0.05, 0.1) is 5.92 Å². The van der Waals surface area contributed by atoms with Crippen LogP contribution in [-0.2, 0) is 9.59 Å². The third-order valence-corrected chi connectivity index (χ3v) is 6.06. The number of hydrogen-bond donors (Lipinski definition) is 1. The summed E-state index contributed by atoms with van der Waals surface area (Å²) in [5, 5.41) is 3.47. The van der Waals surface area contributed by atoms with E-state index in [-0.39, 0.29) is 24.2 Å². The number of piperidine rings is 2. The average Bonchev–Trinajstić information content (AvgIpc) is 3.03. The molecular formula is C18H32ClN3O2. The highest BCUT2D eigenvalue weighted by Gasteiger charge is 2.39. The standard InChI is InChI=1S/C18H31N3O2.ClH/c1-2-4-16(22)21-10-3-5-15(13-21)17(23)20-11-7-18(8-12-20)6-9-19-14-18;/h15,19H,2-14H2,1H3;1H. The number of nitrogens with zero attached hydrogens (tertiary/aromatic N) is 2. The Balaban J connectivity index is 0.00000208. The lowest BCUT2D eigenvalue weighted by atomic mass is 9.77. The predicted octanol–water partition coefficient (Wildman–Crippen LogP) is 2.05. The summed E-state index contributed by atoms with van der Waals surface area (Å²) in [5.41, 5.74) is 0.451. The molecule has 1 spiro atoms. The minimum absolute atomic E-state index is 0. The van der Waals surface area contributed by atoms with Crippen LogP contribution in [0.25, 0.3) is 0 Å². The van der Waals surface area contributed by atoms with E-state index in [4.69, 9.17) is 0 Å². The number of nitrogens with one attached hydrogen (secondary N) is 1. The molecule has 0 saturated carbocycles. The summed E-state index contributed by atoms with van der Waals surface area (Å²) in [4.78, 5) is 29.0. The molecule has 1 N–H and O–H groups in total. The molecule has 24 heavy (non-hydrogen) atoms. The number of carbonyl (C=O) groups is 2. The van der Waals surface area contributed by atoms with Crippen molar-refractivity contribution in [2.24, 2.45) is 11.3 Å². The van der Waals surface area contributed by atoms with E-state index in [1.165, 1.54) is 6.42 Å². The van der Waals surface area contributed by atoms with E-state index in [9.17, 15) is 9.59 Å². The molecule has 0 radical (unpaired) electrons. The Morgan fingerprint density at radius 1 is 1.12 bits per heavy atom. The van der Waals surface area contributed by atoms with Crippen molar-refractivity contribution in [1.82, 2.24) is 15.1 Å². The number of amides is 2. The average molecular weight is 358 g/mol. The largest absolute Gasteiger partial charge is 0.342 e. The molecule has 6 heteroatoms. The van der Waals surface area contributed by atoms with Crippen LogP contribution < -0.4 is 5.32 Å². The maximum atomic E-state index is 12.9. The van der Waals surface area contributed by atoms with Gasteiger partial charge in [-0.25, -0.2) is 0 Å².